The number of carbonyl (C=O) groups is 1. The van der Waals surface area contributed by atoms with Crippen LogP contribution in [0.4, 0.5) is 5.69 Å². The van der Waals surface area contributed by atoms with Gasteiger partial charge in [0.15, 0.2) is 0 Å². The SMILES string of the molecule is Nc1cc(-c2c(Cl)cccc2Cl)sc1C(=O)O. The summed E-state index contributed by atoms with van der Waals surface area (Å²) in [5.41, 5.74) is 6.45. The fourth-order valence-electron chi connectivity index (χ4n) is 1.43. The summed E-state index contributed by atoms with van der Waals surface area (Å²) in [6, 6.07) is 6.68. The maximum absolute atomic E-state index is 10.9. The molecule has 3 nitrogen and oxygen atoms in total. The molecule has 0 fully saturated rings. The van der Waals surface area contributed by atoms with Gasteiger partial charge in [-0.15, -0.1) is 11.3 Å². The van der Waals surface area contributed by atoms with Crippen molar-refractivity contribution in [3.63, 3.8) is 0 Å². The number of carboxylic acids is 1. The van der Waals surface area contributed by atoms with E-state index in [4.69, 9.17) is 34.0 Å². The van der Waals surface area contributed by atoms with Crippen LogP contribution < -0.4 is 5.73 Å². The Bertz CT molecular complexity index is 575. The smallest absolute Gasteiger partial charge is 0.348 e. The number of halogens is 2. The standard InChI is InChI=1S/C11H7Cl2NO2S/c12-5-2-1-3-6(13)9(5)8-4-7(14)10(17-8)11(15)16/h1-4H,14H2,(H,15,16). The van der Waals surface area contributed by atoms with Crippen molar-refractivity contribution < 1.29 is 9.90 Å². The van der Waals surface area contributed by atoms with Gasteiger partial charge < -0.3 is 10.8 Å². The Morgan fingerprint density at radius 3 is 2.35 bits per heavy atom. The van der Waals surface area contributed by atoms with Gasteiger partial charge in [0, 0.05) is 10.4 Å². The predicted molar refractivity (Wildman–Crippen MR) is 71.1 cm³/mol. The fraction of sp³-hybridized carbons (Fsp3) is 0. The van der Waals surface area contributed by atoms with Crippen molar-refractivity contribution >= 4 is 46.2 Å². The molecule has 2 aromatic rings. The van der Waals surface area contributed by atoms with Crippen LogP contribution in [0.3, 0.4) is 0 Å². The molecular formula is C11H7Cl2NO2S. The minimum atomic E-state index is -1.05. The van der Waals surface area contributed by atoms with Crippen LogP contribution in [0.1, 0.15) is 9.67 Å². The lowest BCUT2D eigenvalue weighted by molar-refractivity contribution is 0.0703. The molecule has 0 amide bonds. The van der Waals surface area contributed by atoms with E-state index in [1.54, 1.807) is 24.3 Å². The molecule has 0 bridgehead atoms. The highest BCUT2D eigenvalue weighted by molar-refractivity contribution is 7.18. The quantitative estimate of drug-likeness (QED) is 0.877. The number of benzene rings is 1. The van der Waals surface area contributed by atoms with Gasteiger partial charge in [-0.3, -0.25) is 0 Å². The van der Waals surface area contributed by atoms with E-state index in [2.05, 4.69) is 0 Å². The Labute approximate surface area is 111 Å². The van der Waals surface area contributed by atoms with Crippen molar-refractivity contribution in [1.82, 2.24) is 0 Å². The van der Waals surface area contributed by atoms with Gasteiger partial charge in [-0.2, -0.15) is 0 Å². The normalized spacial score (nSPS) is 10.5. The molecular weight excluding hydrogens is 281 g/mol. The molecule has 0 aliphatic heterocycles. The van der Waals surface area contributed by atoms with Crippen LogP contribution in [0.2, 0.25) is 10.0 Å². The number of hydrogen-bond acceptors (Lipinski definition) is 3. The van der Waals surface area contributed by atoms with Gasteiger partial charge in [0.25, 0.3) is 0 Å². The lowest BCUT2D eigenvalue weighted by Gasteiger charge is -2.03. The molecule has 0 spiro atoms. The molecule has 2 rings (SSSR count). The number of hydrogen-bond donors (Lipinski definition) is 2. The summed E-state index contributed by atoms with van der Waals surface area (Å²) in [6.07, 6.45) is 0. The fourth-order valence-corrected chi connectivity index (χ4v) is 3.13. The third-order valence-corrected chi connectivity index (χ3v) is 3.95. The van der Waals surface area contributed by atoms with E-state index in [-0.39, 0.29) is 10.6 Å². The first-order chi connectivity index (χ1) is 8.00. The van der Waals surface area contributed by atoms with Gasteiger partial charge in [-0.25, -0.2) is 4.79 Å². The van der Waals surface area contributed by atoms with Gasteiger partial charge in [0.05, 0.1) is 15.7 Å². The van der Waals surface area contributed by atoms with E-state index in [1.165, 1.54) is 0 Å². The lowest BCUT2D eigenvalue weighted by Crippen LogP contribution is -1.96. The first kappa shape index (κ1) is 12.2. The molecule has 0 aliphatic rings. The molecule has 1 heterocycles. The average molecular weight is 288 g/mol. The first-order valence-corrected chi connectivity index (χ1v) is 6.15. The zero-order valence-electron chi connectivity index (χ0n) is 8.41. The van der Waals surface area contributed by atoms with Crippen molar-refractivity contribution in [1.29, 1.82) is 0 Å². The van der Waals surface area contributed by atoms with E-state index < -0.39 is 5.97 Å². The molecule has 1 aromatic heterocycles. The summed E-state index contributed by atoms with van der Waals surface area (Å²) in [5, 5.41) is 9.87. The monoisotopic (exact) mass is 287 g/mol. The number of rotatable bonds is 2. The molecule has 17 heavy (non-hydrogen) atoms. The predicted octanol–water partition coefficient (Wildman–Crippen LogP) is 4.00. The number of nitrogens with two attached hydrogens (primary N) is 1. The molecule has 0 aliphatic carbocycles. The largest absolute Gasteiger partial charge is 0.477 e. The van der Waals surface area contributed by atoms with Crippen molar-refractivity contribution in [3.05, 3.63) is 39.2 Å². The van der Waals surface area contributed by atoms with Crippen molar-refractivity contribution in [2.24, 2.45) is 0 Å². The number of anilines is 1. The first-order valence-electron chi connectivity index (χ1n) is 4.57. The molecule has 3 N–H and O–H groups in total. The van der Waals surface area contributed by atoms with Crippen LogP contribution in [0, 0.1) is 0 Å². The van der Waals surface area contributed by atoms with Gasteiger partial charge in [-0.05, 0) is 18.2 Å². The highest BCUT2D eigenvalue weighted by Gasteiger charge is 2.17. The molecule has 0 radical (unpaired) electrons. The molecule has 0 atom stereocenters. The van der Waals surface area contributed by atoms with E-state index in [9.17, 15) is 4.79 Å². The van der Waals surface area contributed by atoms with E-state index in [0.717, 1.165) is 11.3 Å². The number of aromatic carboxylic acids is 1. The Balaban J connectivity index is 2.62. The van der Waals surface area contributed by atoms with E-state index >= 15 is 0 Å². The lowest BCUT2D eigenvalue weighted by atomic mass is 10.2. The molecule has 0 saturated heterocycles. The van der Waals surface area contributed by atoms with Crippen molar-refractivity contribution in [3.8, 4) is 10.4 Å². The zero-order valence-corrected chi connectivity index (χ0v) is 10.7. The Hall–Kier alpha value is -1.23. The van der Waals surface area contributed by atoms with Gasteiger partial charge in [0.2, 0.25) is 0 Å². The van der Waals surface area contributed by atoms with Crippen LogP contribution in [0.5, 0.6) is 0 Å². The molecule has 88 valence electrons. The second kappa shape index (κ2) is 4.56. The summed E-state index contributed by atoms with van der Waals surface area (Å²) in [6.45, 7) is 0. The summed E-state index contributed by atoms with van der Waals surface area (Å²) in [7, 11) is 0. The van der Waals surface area contributed by atoms with Crippen molar-refractivity contribution in [2.45, 2.75) is 0 Å². The maximum Gasteiger partial charge on any atom is 0.348 e. The summed E-state index contributed by atoms with van der Waals surface area (Å²) >= 11 is 13.1. The Morgan fingerprint density at radius 2 is 1.88 bits per heavy atom. The van der Waals surface area contributed by atoms with Crippen LogP contribution >= 0.6 is 34.5 Å². The van der Waals surface area contributed by atoms with Gasteiger partial charge in [-0.1, -0.05) is 29.3 Å². The van der Waals surface area contributed by atoms with E-state index in [1.807, 2.05) is 0 Å². The van der Waals surface area contributed by atoms with E-state index in [0.29, 0.717) is 20.5 Å². The maximum atomic E-state index is 10.9. The highest BCUT2D eigenvalue weighted by Crippen LogP contribution is 2.40. The summed E-state index contributed by atoms with van der Waals surface area (Å²) in [4.78, 5) is 11.6. The second-order valence-corrected chi connectivity index (χ2v) is 5.16. The van der Waals surface area contributed by atoms with Gasteiger partial charge in [0.1, 0.15) is 4.88 Å². The second-order valence-electron chi connectivity index (χ2n) is 3.30. The molecule has 0 saturated carbocycles. The third-order valence-electron chi connectivity index (χ3n) is 2.16. The number of thiophene rings is 1. The Morgan fingerprint density at radius 1 is 1.29 bits per heavy atom. The van der Waals surface area contributed by atoms with Gasteiger partial charge >= 0.3 is 5.97 Å². The summed E-state index contributed by atoms with van der Waals surface area (Å²) < 4.78 is 0. The number of nitrogen functional groups attached to an aromatic ring is 1. The zero-order chi connectivity index (χ0) is 12.6. The molecule has 0 unspecified atom stereocenters. The van der Waals surface area contributed by atoms with Crippen molar-refractivity contribution in [2.75, 3.05) is 5.73 Å². The third kappa shape index (κ3) is 2.24. The minimum Gasteiger partial charge on any atom is -0.477 e. The topological polar surface area (TPSA) is 63.3 Å². The van der Waals surface area contributed by atoms with Crippen LogP contribution in [-0.4, -0.2) is 11.1 Å². The minimum absolute atomic E-state index is 0.0935. The molecule has 6 heteroatoms. The Kier molecular flexibility index (Phi) is 3.28. The molecule has 1 aromatic carbocycles. The van der Waals surface area contributed by atoms with Crippen LogP contribution in [0.25, 0.3) is 10.4 Å². The average Bonchev–Trinajstić information content (AvgIpc) is 2.60. The van der Waals surface area contributed by atoms with Crippen LogP contribution in [-0.2, 0) is 0 Å². The van der Waals surface area contributed by atoms with Crippen LogP contribution in [0.15, 0.2) is 24.3 Å². The summed E-state index contributed by atoms with van der Waals surface area (Å²) in [5.74, 6) is -1.05. The highest BCUT2D eigenvalue weighted by atomic mass is 35.5. The number of carboxylic acid groups (broad SMARTS) is 1.